The molecule has 21 heavy (non-hydrogen) atoms. The van der Waals surface area contributed by atoms with Gasteiger partial charge in [0.1, 0.15) is 11.4 Å². The van der Waals surface area contributed by atoms with Crippen LogP contribution >= 0.6 is 0 Å². The normalized spacial score (nSPS) is 25.9. The van der Waals surface area contributed by atoms with Gasteiger partial charge in [-0.05, 0) is 24.0 Å². The largest absolute Gasteiger partial charge is 0.421 e. The number of hydrogen-bond acceptors (Lipinski definition) is 4. The molecule has 0 spiro atoms. The summed E-state index contributed by atoms with van der Waals surface area (Å²) in [7, 11) is 0. The van der Waals surface area contributed by atoms with Crippen molar-refractivity contribution in [3.63, 3.8) is 0 Å². The Morgan fingerprint density at radius 1 is 1.19 bits per heavy atom. The molecule has 0 fully saturated rings. The summed E-state index contributed by atoms with van der Waals surface area (Å²) in [6.07, 6.45) is -2.40. The highest BCUT2D eigenvalue weighted by Crippen LogP contribution is 2.35. The monoisotopic (exact) mass is 296 g/mol. The second-order valence-electron chi connectivity index (χ2n) is 5.40. The van der Waals surface area contributed by atoms with Crippen molar-refractivity contribution in [3.05, 3.63) is 47.2 Å². The van der Waals surface area contributed by atoms with E-state index < -0.39 is 23.4 Å². The summed E-state index contributed by atoms with van der Waals surface area (Å²) in [5.74, 6) is -2.02. The van der Waals surface area contributed by atoms with Crippen LogP contribution in [0, 0.1) is 5.92 Å². The van der Waals surface area contributed by atoms with Crippen molar-refractivity contribution in [2.75, 3.05) is 0 Å². The molecule has 7 heteroatoms. The van der Waals surface area contributed by atoms with Gasteiger partial charge in [0.25, 0.3) is 0 Å². The summed E-state index contributed by atoms with van der Waals surface area (Å²) in [6.45, 7) is 0. The Kier molecular flexibility index (Phi) is 2.98. The van der Waals surface area contributed by atoms with Gasteiger partial charge in [0.2, 0.25) is 0 Å². The molecule has 1 aliphatic carbocycles. The Morgan fingerprint density at radius 2 is 1.76 bits per heavy atom. The molecule has 1 aromatic rings. The van der Waals surface area contributed by atoms with Crippen molar-refractivity contribution in [2.45, 2.75) is 24.8 Å². The fraction of sp³-hybridized carbons (Fsp3) is 0.357. The summed E-state index contributed by atoms with van der Waals surface area (Å²) in [6, 6.07) is 7.84. The highest BCUT2D eigenvalue weighted by molar-refractivity contribution is 5.99. The zero-order valence-electron chi connectivity index (χ0n) is 11.1. The van der Waals surface area contributed by atoms with Crippen LogP contribution in [0.2, 0.25) is 0 Å². The van der Waals surface area contributed by atoms with Gasteiger partial charge in [0, 0.05) is 12.1 Å². The van der Waals surface area contributed by atoms with Crippen LogP contribution in [0.3, 0.4) is 0 Å². The first kappa shape index (κ1) is 13.9. The molecule has 112 valence electrons. The maximum atomic E-state index is 12.7. The van der Waals surface area contributed by atoms with E-state index in [-0.39, 0.29) is 5.92 Å². The van der Waals surface area contributed by atoms with Crippen molar-refractivity contribution in [2.24, 2.45) is 22.4 Å². The van der Waals surface area contributed by atoms with E-state index in [0.717, 1.165) is 17.3 Å². The van der Waals surface area contributed by atoms with Gasteiger partial charge in [-0.1, -0.05) is 24.3 Å². The van der Waals surface area contributed by atoms with Gasteiger partial charge in [-0.3, -0.25) is 5.73 Å². The number of rotatable bonds is 1. The van der Waals surface area contributed by atoms with E-state index in [1.165, 1.54) is 0 Å². The molecule has 2 aliphatic rings. The van der Waals surface area contributed by atoms with Gasteiger partial charge in [-0.15, -0.1) is 0 Å². The summed E-state index contributed by atoms with van der Waals surface area (Å²) >= 11 is 0. The Morgan fingerprint density at radius 3 is 2.24 bits per heavy atom. The van der Waals surface area contributed by atoms with Crippen LogP contribution in [0.25, 0.3) is 0 Å². The predicted octanol–water partition coefficient (Wildman–Crippen LogP) is 1.42. The van der Waals surface area contributed by atoms with E-state index in [0.29, 0.717) is 12.8 Å². The van der Waals surface area contributed by atoms with E-state index >= 15 is 0 Å². The molecule has 4 nitrogen and oxygen atoms in total. The lowest BCUT2D eigenvalue weighted by atomic mass is 9.96. The third-order valence-corrected chi connectivity index (χ3v) is 4.01. The lowest BCUT2D eigenvalue weighted by Gasteiger charge is -2.35. The third kappa shape index (κ3) is 2.37. The first-order valence-corrected chi connectivity index (χ1v) is 6.56. The average Bonchev–Trinajstić information content (AvgIpc) is 2.81. The minimum Gasteiger partial charge on any atom is -0.383 e. The highest BCUT2D eigenvalue weighted by atomic mass is 19.4. The maximum Gasteiger partial charge on any atom is 0.421 e. The Hall–Kier alpha value is -2.02. The van der Waals surface area contributed by atoms with Crippen LogP contribution in [0.15, 0.2) is 41.0 Å². The van der Waals surface area contributed by atoms with Crippen LogP contribution in [0.1, 0.15) is 11.1 Å². The van der Waals surface area contributed by atoms with E-state index in [9.17, 15) is 13.2 Å². The molecule has 0 aromatic heterocycles. The van der Waals surface area contributed by atoms with Crippen molar-refractivity contribution in [1.29, 1.82) is 0 Å². The molecule has 1 aliphatic heterocycles. The molecular formula is C14H15F3N4. The fourth-order valence-electron chi connectivity index (χ4n) is 2.86. The maximum absolute atomic E-state index is 12.7. The number of nitrogens with two attached hydrogens (primary N) is 2. The van der Waals surface area contributed by atoms with Crippen LogP contribution < -0.4 is 16.8 Å². The number of halogens is 3. The molecular weight excluding hydrogens is 281 g/mol. The SMILES string of the molecule is NC1=NC(N)(C2Cc3ccccc3C2)NC=C1C(F)(F)F. The molecule has 0 amide bonds. The van der Waals surface area contributed by atoms with Crippen LogP contribution in [-0.2, 0) is 12.8 Å². The lowest BCUT2D eigenvalue weighted by molar-refractivity contribution is -0.0871. The Balaban J connectivity index is 1.84. The van der Waals surface area contributed by atoms with Gasteiger partial charge < -0.3 is 11.1 Å². The third-order valence-electron chi connectivity index (χ3n) is 4.01. The van der Waals surface area contributed by atoms with Crippen LogP contribution in [0.4, 0.5) is 13.2 Å². The molecule has 1 heterocycles. The standard InChI is InChI=1S/C14H15F3N4/c15-13(16,17)11-7-20-14(19,21-12(11)18)10-5-8-3-1-2-4-9(8)6-10/h1-4,7,10,20H,5-6,19H2,(H2,18,21). The van der Waals surface area contributed by atoms with Crippen molar-refractivity contribution < 1.29 is 13.2 Å². The Labute approximate surface area is 119 Å². The molecule has 5 N–H and O–H groups in total. The molecule has 0 radical (unpaired) electrons. The summed E-state index contributed by atoms with van der Waals surface area (Å²) in [4.78, 5) is 3.90. The zero-order valence-corrected chi connectivity index (χ0v) is 11.1. The second-order valence-corrected chi connectivity index (χ2v) is 5.40. The number of nitrogens with one attached hydrogen (secondary N) is 1. The number of benzene rings is 1. The predicted molar refractivity (Wildman–Crippen MR) is 73.2 cm³/mol. The smallest absolute Gasteiger partial charge is 0.383 e. The number of alkyl halides is 3. The van der Waals surface area contributed by atoms with E-state index in [4.69, 9.17) is 11.5 Å². The summed E-state index contributed by atoms with van der Waals surface area (Å²) in [5, 5.41) is 2.59. The number of nitrogens with zero attached hydrogens (tertiary/aromatic N) is 1. The lowest BCUT2D eigenvalue weighted by Crippen LogP contribution is -2.59. The van der Waals surface area contributed by atoms with Crippen LogP contribution in [-0.4, -0.2) is 17.8 Å². The van der Waals surface area contributed by atoms with Crippen molar-refractivity contribution >= 4 is 5.84 Å². The molecule has 1 aromatic carbocycles. The Bertz CT molecular complexity index is 610. The highest BCUT2D eigenvalue weighted by Gasteiger charge is 2.44. The van der Waals surface area contributed by atoms with Crippen molar-refractivity contribution in [3.8, 4) is 0 Å². The quantitative estimate of drug-likeness (QED) is 0.733. The fourth-order valence-corrected chi connectivity index (χ4v) is 2.86. The topological polar surface area (TPSA) is 76.4 Å². The molecule has 1 atom stereocenters. The van der Waals surface area contributed by atoms with Gasteiger partial charge in [0.05, 0.1) is 0 Å². The number of hydrogen-bond donors (Lipinski definition) is 3. The van der Waals surface area contributed by atoms with E-state index in [1.54, 1.807) is 0 Å². The first-order chi connectivity index (χ1) is 9.79. The molecule has 1 unspecified atom stereocenters. The van der Waals surface area contributed by atoms with Crippen LogP contribution in [0.5, 0.6) is 0 Å². The van der Waals surface area contributed by atoms with Crippen molar-refractivity contribution in [1.82, 2.24) is 5.32 Å². The second kappa shape index (κ2) is 4.49. The number of amidine groups is 1. The molecule has 0 saturated carbocycles. The van der Waals surface area contributed by atoms with Gasteiger partial charge in [-0.25, -0.2) is 4.99 Å². The average molecular weight is 296 g/mol. The molecule has 3 rings (SSSR count). The van der Waals surface area contributed by atoms with Gasteiger partial charge in [0.15, 0.2) is 5.79 Å². The molecule has 0 bridgehead atoms. The summed E-state index contributed by atoms with van der Waals surface area (Å²) in [5.41, 5.74) is 12.9. The number of aliphatic imine (C=N–C) groups is 1. The minimum atomic E-state index is -4.54. The first-order valence-electron chi connectivity index (χ1n) is 6.56. The van der Waals surface area contributed by atoms with E-state index in [1.807, 2.05) is 24.3 Å². The molecule has 0 saturated heterocycles. The zero-order chi connectivity index (χ0) is 15.3. The summed E-state index contributed by atoms with van der Waals surface area (Å²) < 4.78 is 38.2. The minimum absolute atomic E-state index is 0.139. The van der Waals surface area contributed by atoms with Gasteiger partial charge in [-0.2, -0.15) is 13.2 Å². The van der Waals surface area contributed by atoms with Gasteiger partial charge >= 0.3 is 6.18 Å². The number of fused-ring (bicyclic) bond motifs is 1. The van der Waals surface area contributed by atoms with E-state index in [2.05, 4.69) is 10.3 Å².